The van der Waals surface area contributed by atoms with E-state index in [0.717, 1.165) is 6.08 Å². The van der Waals surface area contributed by atoms with Crippen LogP contribution in [-0.4, -0.2) is 17.8 Å². The second-order valence-corrected chi connectivity index (χ2v) is 2.83. The highest BCUT2D eigenvalue weighted by Crippen LogP contribution is 2.14. The molecule has 0 aliphatic heterocycles. The Morgan fingerprint density at radius 3 is 2.33 bits per heavy atom. The van der Waals surface area contributed by atoms with Crippen molar-refractivity contribution in [3.05, 3.63) is 21.8 Å². The van der Waals surface area contributed by atoms with Crippen LogP contribution in [0.5, 0.6) is 0 Å². The number of hydrogen-bond donors (Lipinski definition) is 1. The fraction of sp³-hybridized carbons (Fsp3) is 0.143. The summed E-state index contributed by atoms with van der Waals surface area (Å²) in [6, 6.07) is 0. The first-order valence-corrected chi connectivity index (χ1v) is 3.68. The Morgan fingerprint density at radius 1 is 1.58 bits per heavy atom. The molecule has 0 rings (SSSR count). The van der Waals surface area contributed by atoms with Crippen LogP contribution in [0.3, 0.4) is 0 Å². The van der Waals surface area contributed by atoms with Crippen LogP contribution in [0.25, 0.3) is 0 Å². The highest BCUT2D eigenvalue weighted by atomic mass is 35.5. The molecule has 0 bridgehead atoms. The summed E-state index contributed by atoms with van der Waals surface area (Å²) >= 11 is 10.9. The van der Waals surface area contributed by atoms with Crippen molar-refractivity contribution in [3.63, 3.8) is 0 Å². The largest absolute Gasteiger partial charge is 0.478 e. The Morgan fingerprint density at radius 2 is 2.08 bits per heavy atom. The van der Waals surface area contributed by atoms with Crippen LogP contribution in [0.15, 0.2) is 26.8 Å². The molecule has 0 atom stereocenters. The van der Waals surface area contributed by atoms with Crippen LogP contribution in [0, 0.1) is 0 Å². The third kappa shape index (κ3) is 3.55. The summed E-state index contributed by atoms with van der Waals surface area (Å²) in [7, 11) is 0. The molecule has 5 heteroatoms. The topological polar surface area (TPSA) is 49.7 Å². The molecule has 0 heterocycles. The van der Waals surface area contributed by atoms with Crippen molar-refractivity contribution in [2.75, 3.05) is 0 Å². The third-order valence-electron chi connectivity index (χ3n) is 1.02. The third-order valence-corrected chi connectivity index (χ3v) is 1.45. The van der Waals surface area contributed by atoms with Gasteiger partial charge in [-0.2, -0.15) is 0 Å². The van der Waals surface area contributed by atoms with Gasteiger partial charge in [0.25, 0.3) is 0 Å². The molecule has 0 radical (unpaired) electrons. The summed E-state index contributed by atoms with van der Waals surface area (Å²) in [6.07, 6.45) is 1.14. The molecule has 1 N–H and O–H groups in total. The van der Waals surface area contributed by atoms with E-state index in [1.54, 1.807) is 0 Å². The molecule has 0 aromatic rings. The summed E-state index contributed by atoms with van der Waals surface area (Å²) in [5.74, 6) is -1.15. The number of carboxylic acids is 1. The van der Waals surface area contributed by atoms with Gasteiger partial charge in [0, 0.05) is 5.03 Å². The Bertz CT molecular complexity index is 265. The van der Waals surface area contributed by atoms with E-state index >= 15 is 0 Å². The number of carbonyl (C=O) groups is 1. The Hall–Kier alpha value is -0.800. The van der Waals surface area contributed by atoms with E-state index in [1.165, 1.54) is 6.92 Å². The second-order valence-electron chi connectivity index (χ2n) is 1.88. The van der Waals surface area contributed by atoms with Crippen LogP contribution in [0.1, 0.15) is 6.92 Å². The molecule has 3 nitrogen and oxygen atoms in total. The zero-order chi connectivity index (χ0) is 9.72. The minimum atomic E-state index is -1.15. The quantitative estimate of drug-likeness (QED) is 0.335. The van der Waals surface area contributed by atoms with E-state index in [2.05, 4.69) is 11.7 Å². The minimum Gasteiger partial charge on any atom is -0.478 e. The molecule has 0 unspecified atom stereocenters. The van der Waals surface area contributed by atoms with Crippen LogP contribution >= 0.6 is 23.2 Å². The SMILES string of the molecule is C=N/C(Cl)=C\C(C(=O)O)=C(/C)Cl. The van der Waals surface area contributed by atoms with E-state index in [4.69, 9.17) is 28.3 Å². The van der Waals surface area contributed by atoms with Gasteiger partial charge < -0.3 is 5.11 Å². The zero-order valence-corrected chi connectivity index (χ0v) is 7.85. The minimum absolute atomic E-state index is 0.00704. The molecular weight excluding hydrogens is 201 g/mol. The molecule has 66 valence electrons. The average Bonchev–Trinajstić information content (AvgIpc) is 1.98. The first-order chi connectivity index (χ1) is 5.49. The molecule has 0 spiro atoms. The zero-order valence-electron chi connectivity index (χ0n) is 6.34. The lowest BCUT2D eigenvalue weighted by Gasteiger charge is -1.95. The molecule has 0 aromatic heterocycles. The number of nitrogens with zero attached hydrogens (tertiary/aromatic N) is 1. The van der Waals surface area contributed by atoms with Gasteiger partial charge in [0.15, 0.2) is 0 Å². The monoisotopic (exact) mass is 207 g/mol. The van der Waals surface area contributed by atoms with Gasteiger partial charge in [-0.05, 0) is 19.7 Å². The number of rotatable bonds is 3. The van der Waals surface area contributed by atoms with Crippen molar-refractivity contribution in [2.45, 2.75) is 6.92 Å². The van der Waals surface area contributed by atoms with Crippen LogP contribution in [0.4, 0.5) is 0 Å². The van der Waals surface area contributed by atoms with Crippen molar-refractivity contribution in [1.82, 2.24) is 0 Å². The number of carboxylic acid groups (broad SMARTS) is 1. The summed E-state index contributed by atoms with van der Waals surface area (Å²) < 4.78 is 0. The number of hydrogen-bond acceptors (Lipinski definition) is 2. The molecule has 0 aliphatic carbocycles. The van der Waals surface area contributed by atoms with Gasteiger partial charge in [0.1, 0.15) is 5.16 Å². The van der Waals surface area contributed by atoms with Crippen molar-refractivity contribution in [3.8, 4) is 0 Å². The lowest BCUT2D eigenvalue weighted by Crippen LogP contribution is -1.99. The van der Waals surface area contributed by atoms with Crippen molar-refractivity contribution < 1.29 is 9.90 Å². The van der Waals surface area contributed by atoms with Crippen molar-refractivity contribution in [1.29, 1.82) is 0 Å². The Balaban J connectivity index is 4.94. The molecule has 0 aliphatic rings. The van der Waals surface area contributed by atoms with Gasteiger partial charge in [0.05, 0.1) is 5.57 Å². The van der Waals surface area contributed by atoms with Gasteiger partial charge in [-0.3, -0.25) is 4.99 Å². The second kappa shape index (κ2) is 4.95. The number of halogens is 2. The van der Waals surface area contributed by atoms with Crippen molar-refractivity contribution >= 4 is 35.9 Å². The van der Waals surface area contributed by atoms with E-state index in [9.17, 15) is 4.79 Å². The number of aliphatic imine (C=N–C) groups is 1. The molecule has 0 aromatic carbocycles. The number of aliphatic carboxylic acids is 1. The number of allylic oxidation sites excluding steroid dienone is 1. The van der Waals surface area contributed by atoms with Crippen LogP contribution in [-0.2, 0) is 4.79 Å². The molecular formula is C7H7Cl2NO2. The Labute approximate surface area is 80.0 Å². The van der Waals surface area contributed by atoms with Crippen LogP contribution < -0.4 is 0 Å². The maximum absolute atomic E-state index is 10.5. The van der Waals surface area contributed by atoms with Gasteiger partial charge in [-0.1, -0.05) is 23.2 Å². The highest BCUT2D eigenvalue weighted by molar-refractivity contribution is 6.33. The molecule has 0 fully saturated rings. The van der Waals surface area contributed by atoms with E-state index in [-0.39, 0.29) is 15.8 Å². The van der Waals surface area contributed by atoms with Gasteiger partial charge >= 0.3 is 5.97 Å². The lowest BCUT2D eigenvalue weighted by molar-refractivity contribution is -0.132. The summed E-state index contributed by atoms with van der Waals surface area (Å²) in [6.45, 7) is 4.58. The molecule has 0 saturated heterocycles. The maximum Gasteiger partial charge on any atom is 0.336 e. The molecule has 0 saturated carbocycles. The van der Waals surface area contributed by atoms with E-state index in [0.29, 0.717) is 0 Å². The van der Waals surface area contributed by atoms with Crippen molar-refractivity contribution in [2.24, 2.45) is 4.99 Å². The normalized spacial score (nSPS) is 13.8. The standard InChI is InChI=1S/C7H7Cl2NO2/c1-4(8)5(7(11)12)3-6(9)10-2/h3H,2H2,1H3,(H,11,12)/b5-4-,6-3-. The molecule has 0 amide bonds. The highest BCUT2D eigenvalue weighted by Gasteiger charge is 2.07. The van der Waals surface area contributed by atoms with Gasteiger partial charge in [-0.25, -0.2) is 4.79 Å². The van der Waals surface area contributed by atoms with Crippen LogP contribution in [0.2, 0.25) is 0 Å². The average molecular weight is 208 g/mol. The van der Waals surface area contributed by atoms with E-state index < -0.39 is 5.97 Å². The van der Waals surface area contributed by atoms with E-state index in [1.807, 2.05) is 0 Å². The Kier molecular flexibility index (Phi) is 4.62. The summed E-state index contributed by atoms with van der Waals surface area (Å²) in [5, 5.41) is 8.72. The fourth-order valence-electron chi connectivity index (χ4n) is 0.473. The van der Waals surface area contributed by atoms with Gasteiger partial charge in [0.2, 0.25) is 0 Å². The first kappa shape index (κ1) is 11.2. The van der Waals surface area contributed by atoms with Gasteiger partial charge in [-0.15, -0.1) is 0 Å². The lowest BCUT2D eigenvalue weighted by atomic mass is 10.2. The summed E-state index contributed by atoms with van der Waals surface area (Å²) in [5.41, 5.74) is -0.0888. The first-order valence-electron chi connectivity index (χ1n) is 2.92. The predicted octanol–water partition coefficient (Wildman–Crippen LogP) is 2.36. The maximum atomic E-state index is 10.5. The molecule has 12 heavy (non-hydrogen) atoms. The summed E-state index contributed by atoms with van der Waals surface area (Å²) in [4.78, 5) is 13.8. The predicted molar refractivity (Wildman–Crippen MR) is 49.7 cm³/mol. The smallest absolute Gasteiger partial charge is 0.336 e. The fourth-order valence-corrected chi connectivity index (χ4v) is 0.718.